The Bertz CT molecular complexity index is 659. The maximum atomic E-state index is 6.20. The first-order valence-electron chi connectivity index (χ1n) is 7.08. The SMILES string of the molecule is N[C@H]1CCCc2ccc(OCc3ccc(Br)cc3Cl)cc21. The second-order valence-electron chi connectivity index (χ2n) is 5.38. The van der Waals surface area contributed by atoms with Crippen LogP contribution >= 0.6 is 27.5 Å². The van der Waals surface area contributed by atoms with E-state index in [2.05, 4.69) is 28.1 Å². The summed E-state index contributed by atoms with van der Waals surface area (Å²) in [7, 11) is 0. The van der Waals surface area contributed by atoms with Gasteiger partial charge in [-0.1, -0.05) is 39.7 Å². The third kappa shape index (κ3) is 3.42. The molecule has 21 heavy (non-hydrogen) atoms. The molecule has 2 nitrogen and oxygen atoms in total. The van der Waals surface area contributed by atoms with Crippen LogP contribution in [0.3, 0.4) is 0 Å². The third-order valence-corrected chi connectivity index (χ3v) is 4.73. The molecule has 0 fully saturated rings. The van der Waals surface area contributed by atoms with Gasteiger partial charge in [0.2, 0.25) is 0 Å². The van der Waals surface area contributed by atoms with Crippen LogP contribution in [0.1, 0.15) is 35.6 Å². The van der Waals surface area contributed by atoms with E-state index in [1.165, 1.54) is 17.5 Å². The van der Waals surface area contributed by atoms with E-state index in [0.717, 1.165) is 28.6 Å². The Morgan fingerprint density at radius 3 is 2.90 bits per heavy atom. The molecule has 0 saturated carbocycles. The summed E-state index contributed by atoms with van der Waals surface area (Å²) in [5.41, 5.74) is 9.73. The van der Waals surface area contributed by atoms with Crippen molar-refractivity contribution in [2.75, 3.05) is 0 Å². The van der Waals surface area contributed by atoms with Gasteiger partial charge in [-0.3, -0.25) is 0 Å². The second-order valence-corrected chi connectivity index (χ2v) is 6.71. The van der Waals surface area contributed by atoms with Gasteiger partial charge in [-0.25, -0.2) is 0 Å². The highest BCUT2D eigenvalue weighted by atomic mass is 79.9. The molecule has 0 bridgehead atoms. The predicted molar refractivity (Wildman–Crippen MR) is 89.8 cm³/mol. The fourth-order valence-electron chi connectivity index (χ4n) is 2.70. The number of nitrogens with two attached hydrogens (primary N) is 1. The highest BCUT2D eigenvalue weighted by Crippen LogP contribution is 2.31. The smallest absolute Gasteiger partial charge is 0.120 e. The number of hydrogen-bond acceptors (Lipinski definition) is 2. The van der Waals surface area contributed by atoms with Crippen molar-refractivity contribution in [1.29, 1.82) is 0 Å². The van der Waals surface area contributed by atoms with E-state index in [4.69, 9.17) is 22.1 Å². The number of rotatable bonds is 3. The summed E-state index contributed by atoms with van der Waals surface area (Å²) in [5, 5.41) is 0.707. The van der Waals surface area contributed by atoms with E-state index in [9.17, 15) is 0 Å². The minimum absolute atomic E-state index is 0.133. The zero-order valence-electron chi connectivity index (χ0n) is 11.6. The van der Waals surface area contributed by atoms with E-state index in [1.54, 1.807) is 0 Å². The maximum Gasteiger partial charge on any atom is 0.120 e. The van der Waals surface area contributed by atoms with Gasteiger partial charge in [-0.2, -0.15) is 0 Å². The van der Waals surface area contributed by atoms with Crippen molar-refractivity contribution in [3.05, 3.63) is 62.6 Å². The van der Waals surface area contributed by atoms with Gasteiger partial charge in [0.1, 0.15) is 12.4 Å². The monoisotopic (exact) mass is 365 g/mol. The lowest BCUT2D eigenvalue weighted by molar-refractivity contribution is 0.305. The van der Waals surface area contributed by atoms with Gasteiger partial charge in [0.05, 0.1) is 0 Å². The maximum absolute atomic E-state index is 6.20. The topological polar surface area (TPSA) is 35.2 Å². The van der Waals surface area contributed by atoms with E-state index < -0.39 is 0 Å². The third-order valence-electron chi connectivity index (χ3n) is 3.89. The predicted octanol–water partition coefficient (Wildman–Crippen LogP) is 5.02. The summed E-state index contributed by atoms with van der Waals surface area (Å²) in [6, 6.07) is 12.2. The largest absolute Gasteiger partial charge is 0.489 e. The first-order valence-corrected chi connectivity index (χ1v) is 8.26. The Balaban J connectivity index is 1.75. The standard InChI is InChI=1S/C17H17BrClNO/c18-13-6-4-12(16(19)8-13)10-21-14-7-5-11-2-1-3-17(20)15(11)9-14/h4-9,17H,1-3,10,20H2/t17-/m0/s1. The molecule has 1 atom stereocenters. The lowest BCUT2D eigenvalue weighted by Crippen LogP contribution is -2.17. The Hall–Kier alpha value is -1.03. The molecule has 0 aliphatic heterocycles. The van der Waals surface area contributed by atoms with Crippen LogP contribution in [0, 0.1) is 0 Å². The van der Waals surface area contributed by atoms with Crippen molar-refractivity contribution in [3.63, 3.8) is 0 Å². The summed E-state index contributed by atoms with van der Waals surface area (Å²) >= 11 is 9.61. The van der Waals surface area contributed by atoms with Crippen LogP contribution in [0.15, 0.2) is 40.9 Å². The molecule has 2 N–H and O–H groups in total. The van der Waals surface area contributed by atoms with E-state index >= 15 is 0 Å². The molecular weight excluding hydrogens is 350 g/mol. The van der Waals surface area contributed by atoms with E-state index in [1.807, 2.05) is 24.3 Å². The molecule has 3 rings (SSSR count). The van der Waals surface area contributed by atoms with Gasteiger partial charge in [0.25, 0.3) is 0 Å². The quantitative estimate of drug-likeness (QED) is 0.828. The Labute approximate surface area is 138 Å². The number of benzene rings is 2. The zero-order valence-corrected chi connectivity index (χ0v) is 14.0. The van der Waals surface area contributed by atoms with Gasteiger partial charge in [-0.15, -0.1) is 0 Å². The number of fused-ring (bicyclic) bond motifs is 1. The number of hydrogen-bond donors (Lipinski definition) is 1. The molecule has 0 unspecified atom stereocenters. The summed E-state index contributed by atoms with van der Waals surface area (Å²) in [6.07, 6.45) is 3.33. The number of halogens is 2. The van der Waals surface area contributed by atoms with Crippen molar-refractivity contribution >= 4 is 27.5 Å². The number of aryl methyl sites for hydroxylation is 1. The summed E-state index contributed by atoms with van der Waals surface area (Å²) < 4.78 is 6.84. The molecule has 2 aromatic carbocycles. The summed E-state index contributed by atoms with van der Waals surface area (Å²) in [6.45, 7) is 0.458. The summed E-state index contributed by atoms with van der Waals surface area (Å²) in [5.74, 6) is 0.852. The van der Waals surface area contributed by atoms with Crippen molar-refractivity contribution in [3.8, 4) is 5.75 Å². The van der Waals surface area contributed by atoms with Crippen LogP contribution in [0.2, 0.25) is 5.02 Å². The first kappa shape index (κ1) is 14.9. The molecule has 0 radical (unpaired) electrons. The molecule has 1 aliphatic carbocycles. The van der Waals surface area contributed by atoms with Crippen LogP contribution in [0.4, 0.5) is 0 Å². The first-order chi connectivity index (χ1) is 10.1. The van der Waals surface area contributed by atoms with Crippen molar-refractivity contribution < 1.29 is 4.74 Å². The molecule has 0 spiro atoms. The van der Waals surface area contributed by atoms with Crippen LogP contribution in [0.25, 0.3) is 0 Å². The number of ether oxygens (including phenoxy) is 1. The zero-order chi connectivity index (χ0) is 14.8. The second kappa shape index (κ2) is 6.39. The molecule has 4 heteroatoms. The van der Waals surface area contributed by atoms with E-state index in [-0.39, 0.29) is 6.04 Å². The normalized spacial score (nSPS) is 17.4. The van der Waals surface area contributed by atoms with Gasteiger partial charge in [0.15, 0.2) is 0 Å². The van der Waals surface area contributed by atoms with Crippen molar-refractivity contribution in [2.24, 2.45) is 5.73 Å². The fraction of sp³-hybridized carbons (Fsp3) is 0.294. The molecule has 0 saturated heterocycles. The van der Waals surface area contributed by atoms with Gasteiger partial charge in [0, 0.05) is 21.1 Å². The fourth-order valence-corrected chi connectivity index (χ4v) is 3.43. The minimum atomic E-state index is 0.133. The Morgan fingerprint density at radius 1 is 1.24 bits per heavy atom. The molecule has 110 valence electrons. The van der Waals surface area contributed by atoms with Crippen LogP contribution in [-0.4, -0.2) is 0 Å². The molecule has 0 heterocycles. The van der Waals surface area contributed by atoms with Gasteiger partial charge >= 0.3 is 0 Å². The van der Waals surface area contributed by atoms with E-state index in [0.29, 0.717) is 11.6 Å². The Morgan fingerprint density at radius 2 is 2.10 bits per heavy atom. The summed E-state index contributed by atoms with van der Waals surface area (Å²) in [4.78, 5) is 0. The highest BCUT2D eigenvalue weighted by molar-refractivity contribution is 9.10. The molecule has 0 amide bonds. The van der Waals surface area contributed by atoms with Crippen LogP contribution < -0.4 is 10.5 Å². The van der Waals surface area contributed by atoms with Gasteiger partial charge in [-0.05, 0) is 54.7 Å². The van der Waals surface area contributed by atoms with Crippen molar-refractivity contribution in [1.82, 2.24) is 0 Å². The van der Waals surface area contributed by atoms with Crippen LogP contribution in [0.5, 0.6) is 5.75 Å². The molecule has 2 aromatic rings. The lowest BCUT2D eigenvalue weighted by Gasteiger charge is -2.22. The molecular formula is C17H17BrClNO. The minimum Gasteiger partial charge on any atom is -0.489 e. The molecule has 1 aliphatic rings. The highest BCUT2D eigenvalue weighted by Gasteiger charge is 2.17. The van der Waals surface area contributed by atoms with Gasteiger partial charge < -0.3 is 10.5 Å². The van der Waals surface area contributed by atoms with Crippen LogP contribution in [-0.2, 0) is 13.0 Å². The lowest BCUT2D eigenvalue weighted by atomic mass is 9.88. The molecule has 0 aromatic heterocycles. The average Bonchev–Trinajstić information content (AvgIpc) is 2.47. The van der Waals surface area contributed by atoms with Crippen molar-refractivity contribution in [2.45, 2.75) is 31.9 Å². The average molecular weight is 367 g/mol. The Kier molecular flexibility index (Phi) is 4.53.